The van der Waals surface area contributed by atoms with Crippen molar-refractivity contribution in [3.63, 3.8) is 0 Å². The van der Waals surface area contributed by atoms with Gasteiger partial charge in [-0.2, -0.15) is 0 Å². The molecule has 0 aromatic rings. The van der Waals surface area contributed by atoms with Crippen LogP contribution in [0.3, 0.4) is 0 Å². The second-order valence-corrected chi connectivity index (χ2v) is 3.59. The van der Waals surface area contributed by atoms with E-state index in [0.717, 1.165) is 0 Å². The molecule has 1 saturated heterocycles. The molecule has 0 amide bonds. The average molecular weight is 228 g/mol. The number of hydrogen-bond acceptors (Lipinski definition) is 8. The molecule has 1 aliphatic heterocycles. The molecule has 14 heavy (non-hydrogen) atoms. The maximum Gasteiger partial charge on any atom is 0.224 e. The molecule has 84 valence electrons. The van der Waals surface area contributed by atoms with E-state index in [1.807, 2.05) is 0 Å². The van der Waals surface area contributed by atoms with E-state index in [9.17, 15) is 15.3 Å². The van der Waals surface area contributed by atoms with Crippen LogP contribution in [0.15, 0.2) is 0 Å². The van der Waals surface area contributed by atoms with Gasteiger partial charge in [-0.25, -0.2) is 0 Å². The van der Waals surface area contributed by atoms with Crippen molar-refractivity contribution in [1.82, 2.24) is 0 Å². The average Bonchev–Trinajstić information content (AvgIpc) is 2.08. The molecule has 0 spiro atoms. The first-order chi connectivity index (χ1) is 6.28. The number of aliphatic hydroxyl groups is 6. The van der Waals surface area contributed by atoms with Gasteiger partial charge in [0.2, 0.25) is 5.79 Å². The number of hydrogen-bond donors (Lipinski definition) is 7. The van der Waals surface area contributed by atoms with Gasteiger partial charge in [0.15, 0.2) is 12.4 Å². The van der Waals surface area contributed by atoms with E-state index in [-0.39, 0.29) is 0 Å². The second kappa shape index (κ2) is 3.91. The number of thiol groups is 1. The molecule has 1 fully saturated rings. The van der Waals surface area contributed by atoms with Gasteiger partial charge in [0.1, 0.15) is 17.6 Å². The summed E-state index contributed by atoms with van der Waals surface area (Å²) in [5.41, 5.74) is -1.23. The summed E-state index contributed by atoms with van der Waals surface area (Å²) >= 11 is 3.67. The highest BCUT2D eigenvalue weighted by Gasteiger charge is 2.55. The molecular formula is C6H12O7S. The predicted molar refractivity (Wildman–Crippen MR) is 45.1 cm³/mol. The van der Waals surface area contributed by atoms with Gasteiger partial charge in [0.05, 0.1) is 0 Å². The van der Waals surface area contributed by atoms with Gasteiger partial charge in [0, 0.05) is 0 Å². The van der Waals surface area contributed by atoms with Crippen LogP contribution in [0.25, 0.3) is 0 Å². The minimum atomic E-state index is -2.94. The van der Waals surface area contributed by atoms with Crippen molar-refractivity contribution >= 4 is 12.6 Å². The zero-order valence-corrected chi connectivity index (χ0v) is 7.82. The number of ether oxygens (including phenoxy) is 1. The Labute approximate surface area is 84.6 Å². The van der Waals surface area contributed by atoms with Crippen molar-refractivity contribution in [2.75, 3.05) is 0 Å². The molecule has 0 saturated carbocycles. The zero-order chi connectivity index (χ0) is 11.1. The molecule has 8 heteroatoms. The molecule has 0 radical (unpaired) electrons. The van der Waals surface area contributed by atoms with Crippen molar-refractivity contribution in [3.8, 4) is 0 Å². The van der Waals surface area contributed by atoms with Crippen LogP contribution in [-0.4, -0.2) is 66.5 Å². The molecule has 0 aliphatic carbocycles. The van der Waals surface area contributed by atoms with Gasteiger partial charge in [-0.15, -0.1) is 12.6 Å². The fourth-order valence-electron chi connectivity index (χ4n) is 1.20. The van der Waals surface area contributed by atoms with Crippen LogP contribution < -0.4 is 0 Å². The Hall–Kier alpha value is 0.0700. The van der Waals surface area contributed by atoms with E-state index in [4.69, 9.17) is 15.3 Å². The molecule has 1 rings (SSSR count). The first kappa shape index (κ1) is 12.1. The number of aliphatic hydroxyl groups excluding tert-OH is 3. The largest absolute Gasteiger partial charge is 0.387 e. The molecule has 0 bridgehead atoms. The molecule has 1 unspecified atom stereocenters. The summed E-state index contributed by atoms with van der Waals surface area (Å²) in [7, 11) is 0. The monoisotopic (exact) mass is 228 g/mol. The van der Waals surface area contributed by atoms with Crippen molar-refractivity contribution in [1.29, 1.82) is 0 Å². The maximum atomic E-state index is 9.23. The van der Waals surface area contributed by atoms with E-state index in [0.29, 0.717) is 0 Å². The van der Waals surface area contributed by atoms with Gasteiger partial charge in [0.25, 0.3) is 0 Å². The Bertz CT molecular complexity index is 208. The topological polar surface area (TPSA) is 131 Å². The quantitative estimate of drug-likeness (QED) is 0.182. The lowest BCUT2D eigenvalue weighted by molar-refractivity contribution is -0.367. The van der Waals surface area contributed by atoms with Gasteiger partial charge in [-0.1, -0.05) is 0 Å². The lowest BCUT2D eigenvalue weighted by Gasteiger charge is -2.44. The van der Waals surface area contributed by atoms with Crippen LogP contribution in [-0.2, 0) is 4.74 Å². The van der Waals surface area contributed by atoms with E-state index in [1.54, 1.807) is 0 Å². The Morgan fingerprint density at radius 3 is 2.14 bits per heavy atom. The van der Waals surface area contributed by atoms with Crippen LogP contribution in [0, 0.1) is 0 Å². The summed E-state index contributed by atoms with van der Waals surface area (Å²) < 4.78 is 4.60. The lowest BCUT2D eigenvalue weighted by atomic mass is 9.95. The van der Waals surface area contributed by atoms with E-state index >= 15 is 0 Å². The van der Waals surface area contributed by atoms with Crippen molar-refractivity contribution < 1.29 is 35.4 Å². The summed E-state index contributed by atoms with van der Waals surface area (Å²) in [6.07, 6.45) is -7.70. The number of rotatable bonds is 1. The van der Waals surface area contributed by atoms with Gasteiger partial charge < -0.3 is 35.4 Å². The predicted octanol–water partition coefficient (Wildman–Crippen LogP) is -3.65. The fraction of sp³-hybridized carbons (Fsp3) is 1.00. The molecule has 0 aromatic carbocycles. The van der Waals surface area contributed by atoms with Crippen LogP contribution in [0.2, 0.25) is 0 Å². The Kier molecular flexibility index (Phi) is 3.39. The molecule has 1 aliphatic rings. The van der Waals surface area contributed by atoms with E-state index in [2.05, 4.69) is 17.4 Å². The highest BCUT2D eigenvalue weighted by molar-refractivity contribution is 7.80. The third-order valence-corrected chi connectivity index (χ3v) is 2.45. The molecule has 1 heterocycles. The Morgan fingerprint density at radius 1 is 1.21 bits per heavy atom. The molecular weight excluding hydrogens is 216 g/mol. The lowest BCUT2D eigenvalue weighted by Crippen LogP contribution is -2.67. The third kappa shape index (κ3) is 1.88. The van der Waals surface area contributed by atoms with Gasteiger partial charge >= 0.3 is 0 Å². The molecule has 0 aromatic heterocycles. The van der Waals surface area contributed by atoms with Gasteiger partial charge in [-0.05, 0) is 0 Å². The SMILES string of the molecule is OC(O)[C@H]1OC(S)[C@H](O)[C@@H](O)C1(O)O. The van der Waals surface area contributed by atoms with Crippen LogP contribution in [0.5, 0.6) is 0 Å². The second-order valence-electron chi connectivity index (χ2n) is 3.08. The standard InChI is InChI=1S/C6H12O7S/c7-1-2(8)6(11,12)3(4(9)10)13-5(1)14/h1-5,7-12,14H/t1-,2-,3-,5?/m1/s1. The van der Waals surface area contributed by atoms with E-state index < -0.39 is 35.8 Å². The molecule has 7 nitrogen and oxygen atoms in total. The van der Waals surface area contributed by atoms with Crippen LogP contribution >= 0.6 is 12.6 Å². The Balaban J connectivity index is 2.89. The summed E-state index contributed by atoms with van der Waals surface area (Å²) in [5, 5.41) is 54.2. The molecule has 4 atom stereocenters. The van der Waals surface area contributed by atoms with Crippen LogP contribution in [0.4, 0.5) is 0 Å². The first-order valence-electron chi connectivity index (χ1n) is 3.79. The third-order valence-electron chi connectivity index (χ3n) is 2.03. The summed E-state index contributed by atoms with van der Waals surface area (Å²) in [5.74, 6) is -2.94. The van der Waals surface area contributed by atoms with Crippen LogP contribution in [0.1, 0.15) is 0 Å². The minimum absolute atomic E-state index is 1.23. The van der Waals surface area contributed by atoms with Gasteiger partial charge in [-0.3, -0.25) is 0 Å². The minimum Gasteiger partial charge on any atom is -0.387 e. The van der Waals surface area contributed by atoms with E-state index in [1.165, 1.54) is 0 Å². The Morgan fingerprint density at radius 2 is 1.71 bits per heavy atom. The summed E-state index contributed by atoms with van der Waals surface area (Å²) in [6.45, 7) is 0. The van der Waals surface area contributed by atoms with Crippen molar-refractivity contribution in [2.45, 2.75) is 35.8 Å². The van der Waals surface area contributed by atoms with Crippen molar-refractivity contribution in [2.24, 2.45) is 0 Å². The normalized spacial score (nSPS) is 42.9. The maximum absolute atomic E-state index is 9.23. The summed E-state index contributed by atoms with van der Waals surface area (Å²) in [4.78, 5) is 0. The molecule has 6 N–H and O–H groups in total. The highest BCUT2D eigenvalue weighted by atomic mass is 32.1. The van der Waals surface area contributed by atoms with Crippen molar-refractivity contribution in [3.05, 3.63) is 0 Å². The smallest absolute Gasteiger partial charge is 0.224 e. The fourth-order valence-corrected chi connectivity index (χ4v) is 1.49. The first-order valence-corrected chi connectivity index (χ1v) is 4.30. The highest BCUT2D eigenvalue weighted by Crippen LogP contribution is 2.30. The zero-order valence-electron chi connectivity index (χ0n) is 6.93. The summed E-state index contributed by atoms with van der Waals surface area (Å²) in [6, 6.07) is 0.